The van der Waals surface area contributed by atoms with Gasteiger partial charge in [-0.05, 0) is 19.1 Å². The largest absolute Gasteiger partial charge is 0.491 e. The van der Waals surface area contributed by atoms with Gasteiger partial charge in [0.15, 0.2) is 0 Å². The van der Waals surface area contributed by atoms with Crippen LogP contribution in [0.4, 0.5) is 10.1 Å². The van der Waals surface area contributed by atoms with E-state index in [4.69, 9.17) is 10.5 Å². The quantitative estimate of drug-likeness (QED) is 0.702. The Morgan fingerprint density at radius 2 is 2.33 bits per heavy atom. The molecule has 1 unspecified atom stereocenters. The van der Waals surface area contributed by atoms with Gasteiger partial charge in [0, 0.05) is 11.8 Å². The summed E-state index contributed by atoms with van der Waals surface area (Å²) in [6.45, 7) is 1.52. The molecular weight excluding hydrogens is 157 g/mol. The summed E-state index contributed by atoms with van der Waals surface area (Å²) in [4.78, 5) is 0. The standard InChI is InChI=1S/C9H12FNO/c1-7(10)6-12-9-4-2-3-8(11)5-9/h2-5,7H,6,11H2,1H3. The summed E-state index contributed by atoms with van der Waals surface area (Å²) in [7, 11) is 0. The first-order valence-electron chi connectivity index (χ1n) is 3.81. The summed E-state index contributed by atoms with van der Waals surface area (Å²) in [6, 6.07) is 6.94. The molecule has 2 N–H and O–H groups in total. The van der Waals surface area contributed by atoms with E-state index in [2.05, 4.69) is 0 Å². The van der Waals surface area contributed by atoms with Crippen LogP contribution in [0.15, 0.2) is 24.3 Å². The van der Waals surface area contributed by atoms with Crippen molar-refractivity contribution in [1.29, 1.82) is 0 Å². The van der Waals surface area contributed by atoms with Crippen LogP contribution in [-0.2, 0) is 0 Å². The number of alkyl halides is 1. The zero-order valence-corrected chi connectivity index (χ0v) is 6.96. The molecule has 2 nitrogen and oxygen atoms in total. The van der Waals surface area contributed by atoms with Crippen molar-refractivity contribution >= 4 is 5.69 Å². The highest BCUT2D eigenvalue weighted by molar-refractivity contribution is 5.43. The van der Waals surface area contributed by atoms with Crippen LogP contribution < -0.4 is 10.5 Å². The Kier molecular flexibility index (Phi) is 2.91. The topological polar surface area (TPSA) is 35.2 Å². The van der Waals surface area contributed by atoms with Crippen molar-refractivity contribution in [3.63, 3.8) is 0 Å². The van der Waals surface area contributed by atoms with Gasteiger partial charge in [-0.2, -0.15) is 0 Å². The second kappa shape index (κ2) is 3.95. The molecule has 1 aromatic rings. The second-order valence-electron chi connectivity index (χ2n) is 2.66. The fourth-order valence-corrected chi connectivity index (χ4v) is 0.815. The number of anilines is 1. The molecule has 0 aliphatic rings. The van der Waals surface area contributed by atoms with Crippen molar-refractivity contribution in [2.24, 2.45) is 0 Å². The molecule has 0 fully saturated rings. The van der Waals surface area contributed by atoms with E-state index in [1.165, 1.54) is 6.92 Å². The summed E-state index contributed by atoms with van der Waals surface area (Å²) >= 11 is 0. The molecule has 3 heteroatoms. The Balaban J connectivity index is 2.52. The van der Waals surface area contributed by atoms with Gasteiger partial charge in [0.2, 0.25) is 0 Å². The van der Waals surface area contributed by atoms with Crippen molar-refractivity contribution in [2.75, 3.05) is 12.3 Å². The molecule has 0 heterocycles. The van der Waals surface area contributed by atoms with E-state index in [0.717, 1.165) is 0 Å². The molecule has 0 aliphatic heterocycles. The van der Waals surface area contributed by atoms with E-state index >= 15 is 0 Å². The lowest BCUT2D eigenvalue weighted by atomic mass is 10.3. The van der Waals surface area contributed by atoms with Crippen molar-refractivity contribution < 1.29 is 9.13 Å². The third-order valence-corrected chi connectivity index (χ3v) is 1.34. The zero-order valence-electron chi connectivity index (χ0n) is 6.96. The van der Waals surface area contributed by atoms with Crippen molar-refractivity contribution in [3.8, 4) is 5.75 Å². The molecule has 12 heavy (non-hydrogen) atoms. The average molecular weight is 169 g/mol. The Hall–Kier alpha value is -1.25. The summed E-state index contributed by atoms with van der Waals surface area (Å²) < 4.78 is 17.4. The molecule has 1 atom stereocenters. The van der Waals surface area contributed by atoms with Crippen LogP contribution in [0.5, 0.6) is 5.75 Å². The highest BCUT2D eigenvalue weighted by Crippen LogP contribution is 2.14. The summed E-state index contributed by atoms with van der Waals surface area (Å²) in [6.07, 6.45) is -0.952. The highest BCUT2D eigenvalue weighted by Gasteiger charge is 1.99. The molecule has 0 radical (unpaired) electrons. The minimum atomic E-state index is -0.952. The SMILES string of the molecule is CC(F)COc1cccc(N)c1. The molecule has 1 rings (SSSR count). The summed E-state index contributed by atoms with van der Waals surface area (Å²) in [5.41, 5.74) is 6.12. The number of nitrogens with two attached hydrogens (primary N) is 1. The van der Waals surface area contributed by atoms with Gasteiger partial charge >= 0.3 is 0 Å². The second-order valence-corrected chi connectivity index (χ2v) is 2.66. The third-order valence-electron chi connectivity index (χ3n) is 1.34. The van der Waals surface area contributed by atoms with Crippen LogP contribution in [0.1, 0.15) is 6.92 Å². The van der Waals surface area contributed by atoms with Gasteiger partial charge in [-0.15, -0.1) is 0 Å². The monoisotopic (exact) mass is 169 g/mol. The Morgan fingerprint density at radius 3 is 2.92 bits per heavy atom. The predicted molar refractivity (Wildman–Crippen MR) is 46.9 cm³/mol. The van der Waals surface area contributed by atoms with Crippen LogP contribution >= 0.6 is 0 Å². The summed E-state index contributed by atoms with van der Waals surface area (Å²) in [5.74, 6) is 0.611. The van der Waals surface area contributed by atoms with Gasteiger partial charge in [-0.25, -0.2) is 4.39 Å². The maximum Gasteiger partial charge on any atom is 0.131 e. The van der Waals surface area contributed by atoms with E-state index in [1.807, 2.05) is 0 Å². The fourth-order valence-electron chi connectivity index (χ4n) is 0.815. The normalized spacial score (nSPS) is 12.5. The molecule has 0 aromatic heterocycles. The van der Waals surface area contributed by atoms with Gasteiger partial charge in [0.1, 0.15) is 18.5 Å². The number of hydrogen-bond acceptors (Lipinski definition) is 2. The van der Waals surface area contributed by atoms with Crippen LogP contribution in [-0.4, -0.2) is 12.8 Å². The first-order chi connectivity index (χ1) is 5.68. The first-order valence-corrected chi connectivity index (χ1v) is 3.81. The number of hydrogen-bond donors (Lipinski definition) is 1. The van der Waals surface area contributed by atoms with Gasteiger partial charge < -0.3 is 10.5 Å². The molecule has 0 amide bonds. The number of rotatable bonds is 3. The molecule has 66 valence electrons. The van der Waals surface area contributed by atoms with Crippen LogP contribution in [0.2, 0.25) is 0 Å². The minimum absolute atomic E-state index is 0.0729. The molecule has 1 aromatic carbocycles. The minimum Gasteiger partial charge on any atom is -0.491 e. The Labute approximate surface area is 71.1 Å². The van der Waals surface area contributed by atoms with Crippen LogP contribution in [0.25, 0.3) is 0 Å². The predicted octanol–water partition coefficient (Wildman–Crippen LogP) is 2.01. The maximum atomic E-state index is 12.3. The lowest BCUT2D eigenvalue weighted by molar-refractivity contribution is 0.210. The zero-order chi connectivity index (χ0) is 8.97. The first kappa shape index (κ1) is 8.84. The third kappa shape index (κ3) is 2.78. The van der Waals surface area contributed by atoms with Gasteiger partial charge in [-0.3, -0.25) is 0 Å². The van der Waals surface area contributed by atoms with E-state index in [-0.39, 0.29) is 6.61 Å². The van der Waals surface area contributed by atoms with Crippen molar-refractivity contribution in [1.82, 2.24) is 0 Å². The van der Waals surface area contributed by atoms with E-state index in [0.29, 0.717) is 11.4 Å². The Bertz CT molecular complexity index is 250. The number of ether oxygens (including phenoxy) is 1. The average Bonchev–Trinajstić information content (AvgIpc) is 2.01. The van der Waals surface area contributed by atoms with Crippen LogP contribution in [0.3, 0.4) is 0 Å². The summed E-state index contributed by atoms with van der Waals surface area (Å²) in [5, 5.41) is 0. The lowest BCUT2D eigenvalue weighted by Gasteiger charge is -2.06. The molecule has 0 aliphatic carbocycles. The van der Waals surface area contributed by atoms with Crippen LogP contribution in [0, 0.1) is 0 Å². The van der Waals surface area contributed by atoms with E-state index < -0.39 is 6.17 Å². The number of halogens is 1. The molecule has 0 saturated carbocycles. The molecule has 0 bridgehead atoms. The number of nitrogen functional groups attached to an aromatic ring is 1. The Morgan fingerprint density at radius 1 is 1.58 bits per heavy atom. The van der Waals surface area contributed by atoms with Crippen molar-refractivity contribution in [2.45, 2.75) is 13.1 Å². The fraction of sp³-hybridized carbons (Fsp3) is 0.333. The number of benzene rings is 1. The van der Waals surface area contributed by atoms with Gasteiger partial charge in [0.25, 0.3) is 0 Å². The van der Waals surface area contributed by atoms with Gasteiger partial charge in [0.05, 0.1) is 0 Å². The molecular formula is C9H12FNO. The molecule has 0 saturated heterocycles. The smallest absolute Gasteiger partial charge is 0.131 e. The maximum absolute atomic E-state index is 12.3. The van der Waals surface area contributed by atoms with E-state index in [9.17, 15) is 4.39 Å². The molecule has 0 spiro atoms. The van der Waals surface area contributed by atoms with Crippen molar-refractivity contribution in [3.05, 3.63) is 24.3 Å². The highest BCUT2D eigenvalue weighted by atomic mass is 19.1. The van der Waals surface area contributed by atoms with E-state index in [1.54, 1.807) is 24.3 Å². The lowest BCUT2D eigenvalue weighted by Crippen LogP contribution is -2.08. The van der Waals surface area contributed by atoms with Gasteiger partial charge in [-0.1, -0.05) is 6.07 Å².